The summed E-state index contributed by atoms with van der Waals surface area (Å²) < 4.78 is 0. The van der Waals surface area contributed by atoms with Crippen LogP contribution in [0.5, 0.6) is 0 Å². The maximum absolute atomic E-state index is 11.7. The minimum Gasteiger partial charge on any atom is -0.289 e. The van der Waals surface area contributed by atoms with E-state index < -0.39 is 0 Å². The third kappa shape index (κ3) is 2.50. The number of carbonyl (C=O) groups excluding carboxylic acids is 1. The van der Waals surface area contributed by atoms with Crippen LogP contribution in [0.1, 0.15) is 71.7 Å². The van der Waals surface area contributed by atoms with E-state index in [0.29, 0.717) is 11.8 Å². The van der Waals surface area contributed by atoms with Gasteiger partial charge in [0, 0.05) is 11.8 Å². The number of hydrazine groups is 1. The van der Waals surface area contributed by atoms with Gasteiger partial charge in [0.1, 0.15) is 4.88 Å². The fourth-order valence-electron chi connectivity index (χ4n) is 2.02. The smallest absolute Gasteiger partial charge is 0.277 e. The molecule has 1 aromatic heterocycles. The maximum atomic E-state index is 11.7. The monoisotopic (exact) mass is 253 g/mol. The van der Waals surface area contributed by atoms with Crippen LogP contribution >= 0.6 is 11.3 Å². The lowest BCUT2D eigenvalue weighted by Gasteiger charge is -2.06. The van der Waals surface area contributed by atoms with E-state index in [1.54, 1.807) is 0 Å². The van der Waals surface area contributed by atoms with Crippen molar-refractivity contribution in [3.63, 3.8) is 0 Å². The number of amides is 1. The van der Waals surface area contributed by atoms with Gasteiger partial charge in [-0.1, -0.05) is 13.8 Å². The van der Waals surface area contributed by atoms with Crippen molar-refractivity contribution in [2.45, 2.75) is 51.4 Å². The van der Waals surface area contributed by atoms with Crippen LogP contribution in [0.25, 0.3) is 0 Å². The highest BCUT2D eigenvalue weighted by Gasteiger charge is 2.32. The third-order valence-corrected chi connectivity index (χ3v) is 4.54. The van der Waals surface area contributed by atoms with E-state index in [4.69, 9.17) is 5.84 Å². The standard InChI is InChI=1S/C12H19N3OS/c1-3-7(4-2)12-14-9(8-5-6-8)10(17-12)11(16)15-13/h7-8H,3-6,13H2,1-2H3,(H,15,16). The molecule has 0 aromatic carbocycles. The lowest BCUT2D eigenvalue weighted by molar-refractivity contribution is 0.0956. The van der Waals surface area contributed by atoms with Gasteiger partial charge in [-0.3, -0.25) is 10.2 Å². The summed E-state index contributed by atoms with van der Waals surface area (Å²) in [7, 11) is 0. The van der Waals surface area contributed by atoms with Crippen molar-refractivity contribution in [1.29, 1.82) is 0 Å². The number of nitrogens with one attached hydrogen (secondary N) is 1. The number of nitrogen functional groups attached to an aromatic ring is 1. The van der Waals surface area contributed by atoms with Crippen LogP contribution in [0.3, 0.4) is 0 Å². The van der Waals surface area contributed by atoms with Gasteiger partial charge in [0.2, 0.25) is 0 Å². The Bertz CT molecular complexity index is 408. The average Bonchev–Trinajstić information content (AvgIpc) is 3.10. The molecule has 0 atom stereocenters. The lowest BCUT2D eigenvalue weighted by atomic mass is 10.1. The predicted octanol–water partition coefficient (Wildman–Crippen LogP) is 2.53. The fourth-order valence-corrected chi connectivity index (χ4v) is 3.35. The Kier molecular flexibility index (Phi) is 3.79. The van der Waals surface area contributed by atoms with Crippen LogP contribution in [0.4, 0.5) is 0 Å². The summed E-state index contributed by atoms with van der Waals surface area (Å²) in [5.41, 5.74) is 3.20. The van der Waals surface area contributed by atoms with Crippen LogP contribution in [-0.4, -0.2) is 10.9 Å². The number of hydrogen-bond donors (Lipinski definition) is 2. The number of aromatic nitrogens is 1. The molecular formula is C12H19N3OS. The predicted molar refractivity (Wildman–Crippen MR) is 69.1 cm³/mol. The third-order valence-electron chi connectivity index (χ3n) is 3.31. The minimum absolute atomic E-state index is 0.193. The highest BCUT2D eigenvalue weighted by atomic mass is 32.1. The highest BCUT2D eigenvalue weighted by molar-refractivity contribution is 7.13. The Balaban J connectivity index is 2.33. The molecule has 1 heterocycles. The molecule has 0 aliphatic heterocycles. The van der Waals surface area contributed by atoms with Crippen LogP contribution in [0.2, 0.25) is 0 Å². The first-order chi connectivity index (χ1) is 8.21. The van der Waals surface area contributed by atoms with Crippen LogP contribution < -0.4 is 11.3 Å². The highest BCUT2D eigenvalue weighted by Crippen LogP contribution is 2.44. The average molecular weight is 253 g/mol. The van der Waals surface area contributed by atoms with Gasteiger partial charge in [-0.25, -0.2) is 10.8 Å². The molecule has 0 saturated heterocycles. The second-order valence-electron chi connectivity index (χ2n) is 4.53. The molecule has 0 radical (unpaired) electrons. The van der Waals surface area contributed by atoms with E-state index in [2.05, 4.69) is 24.3 Å². The van der Waals surface area contributed by atoms with E-state index in [1.807, 2.05) is 0 Å². The number of nitrogens with two attached hydrogens (primary N) is 1. The van der Waals surface area contributed by atoms with Gasteiger partial charge in [0.25, 0.3) is 5.91 Å². The molecule has 1 aromatic rings. The molecule has 1 aliphatic rings. The first-order valence-corrected chi connectivity index (χ1v) is 7.04. The summed E-state index contributed by atoms with van der Waals surface area (Å²) in [6.45, 7) is 4.32. The van der Waals surface area contributed by atoms with Gasteiger partial charge >= 0.3 is 0 Å². The molecule has 3 N–H and O–H groups in total. The van der Waals surface area contributed by atoms with Crippen molar-refractivity contribution in [2.75, 3.05) is 0 Å². The summed E-state index contributed by atoms with van der Waals surface area (Å²) in [5.74, 6) is 5.99. The van der Waals surface area contributed by atoms with Crippen molar-refractivity contribution >= 4 is 17.2 Å². The summed E-state index contributed by atoms with van der Waals surface area (Å²) in [6, 6.07) is 0. The summed E-state index contributed by atoms with van der Waals surface area (Å²) >= 11 is 1.51. The molecule has 2 rings (SSSR count). The Morgan fingerprint density at radius 3 is 2.65 bits per heavy atom. The topological polar surface area (TPSA) is 68.0 Å². The van der Waals surface area contributed by atoms with Crippen molar-refractivity contribution in [3.05, 3.63) is 15.6 Å². The number of thiazole rings is 1. The number of nitrogens with zero attached hydrogens (tertiary/aromatic N) is 1. The molecule has 0 bridgehead atoms. The number of carbonyl (C=O) groups is 1. The van der Waals surface area contributed by atoms with Crippen molar-refractivity contribution in [2.24, 2.45) is 5.84 Å². The van der Waals surface area contributed by atoms with Crippen molar-refractivity contribution in [3.8, 4) is 0 Å². The van der Waals surface area contributed by atoms with E-state index in [-0.39, 0.29) is 5.91 Å². The molecule has 1 fully saturated rings. The Morgan fingerprint density at radius 2 is 2.18 bits per heavy atom. The SMILES string of the molecule is CCC(CC)c1nc(C2CC2)c(C(=O)NN)s1. The second kappa shape index (κ2) is 5.14. The quantitative estimate of drug-likeness (QED) is 0.481. The van der Waals surface area contributed by atoms with Gasteiger partial charge < -0.3 is 0 Å². The number of hydrogen-bond acceptors (Lipinski definition) is 4. The normalized spacial score (nSPS) is 15.3. The molecule has 5 heteroatoms. The zero-order chi connectivity index (χ0) is 12.4. The number of rotatable bonds is 5. The van der Waals surface area contributed by atoms with Gasteiger partial charge in [0.05, 0.1) is 10.7 Å². The zero-order valence-corrected chi connectivity index (χ0v) is 11.1. The molecule has 0 unspecified atom stereocenters. The van der Waals surface area contributed by atoms with Gasteiger partial charge in [-0.2, -0.15) is 0 Å². The zero-order valence-electron chi connectivity index (χ0n) is 10.3. The molecule has 1 amide bonds. The van der Waals surface area contributed by atoms with Gasteiger partial charge in [0.15, 0.2) is 0 Å². The van der Waals surface area contributed by atoms with E-state index in [0.717, 1.165) is 41.3 Å². The van der Waals surface area contributed by atoms with Gasteiger partial charge in [-0.15, -0.1) is 11.3 Å². The van der Waals surface area contributed by atoms with Crippen LogP contribution in [0.15, 0.2) is 0 Å². The van der Waals surface area contributed by atoms with Gasteiger partial charge in [-0.05, 0) is 25.7 Å². The molecule has 0 spiro atoms. The minimum atomic E-state index is -0.193. The first kappa shape index (κ1) is 12.5. The molecule has 1 aliphatic carbocycles. The van der Waals surface area contributed by atoms with Crippen LogP contribution in [-0.2, 0) is 0 Å². The largest absolute Gasteiger partial charge is 0.289 e. The van der Waals surface area contributed by atoms with E-state index >= 15 is 0 Å². The van der Waals surface area contributed by atoms with Crippen molar-refractivity contribution < 1.29 is 4.79 Å². The molecular weight excluding hydrogens is 234 g/mol. The van der Waals surface area contributed by atoms with Crippen molar-refractivity contribution in [1.82, 2.24) is 10.4 Å². The Morgan fingerprint density at radius 1 is 1.53 bits per heavy atom. The lowest BCUT2D eigenvalue weighted by Crippen LogP contribution is -2.30. The Labute approximate surface area is 106 Å². The van der Waals surface area contributed by atoms with Crippen LogP contribution in [0, 0.1) is 0 Å². The molecule has 1 saturated carbocycles. The van der Waals surface area contributed by atoms with E-state index in [9.17, 15) is 4.79 Å². The first-order valence-electron chi connectivity index (χ1n) is 6.22. The second-order valence-corrected chi connectivity index (χ2v) is 5.56. The fraction of sp³-hybridized carbons (Fsp3) is 0.667. The summed E-state index contributed by atoms with van der Waals surface area (Å²) in [6.07, 6.45) is 4.43. The maximum Gasteiger partial charge on any atom is 0.277 e. The van der Waals surface area contributed by atoms with E-state index in [1.165, 1.54) is 11.3 Å². The summed E-state index contributed by atoms with van der Waals surface area (Å²) in [5, 5.41) is 1.09. The Hall–Kier alpha value is -0.940. The molecule has 94 valence electrons. The molecule has 17 heavy (non-hydrogen) atoms. The molecule has 4 nitrogen and oxygen atoms in total. The summed E-state index contributed by atoms with van der Waals surface area (Å²) in [4.78, 5) is 17.1.